The Kier molecular flexibility index (Phi) is 16.7. The van der Waals surface area contributed by atoms with E-state index < -0.39 is 167 Å². The van der Waals surface area contributed by atoms with Crippen LogP contribution in [-0.4, -0.2) is 128 Å². The Balaban J connectivity index is 0.0000107. The van der Waals surface area contributed by atoms with Crippen molar-refractivity contribution in [2.45, 2.75) is 24.5 Å². The van der Waals surface area contributed by atoms with Crippen LogP contribution in [0.4, 0.5) is 39.0 Å². The van der Waals surface area contributed by atoms with Gasteiger partial charge in [-0.25, -0.2) is 17.4 Å². The SMILES string of the molecule is O=C(O)c1ccc(S(=O)(=O)O)cc1N=NC(=N[N-]c1cc(S(=O)(=O)O)cc(Nc2nc(F)nc(Nc3cc(S(=O)(=O)CCOS(=O)(=O)O)cc(S(=O)(=O)O)c3O)n2)c1O)c1ccc(S(=O)(=O)O)cc1.[Cu]. The van der Waals surface area contributed by atoms with E-state index in [1.165, 1.54) is 0 Å². The maximum absolute atomic E-state index is 14.9. The molecular formula is C31H25CuFN9O22S6-. The molecule has 0 aliphatic heterocycles. The maximum atomic E-state index is 14.9. The van der Waals surface area contributed by atoms with Gasteiger partial charge in [-0.05, 0) is 60.7 Å². The van der Waals surface area contributed by atoms with E-state index in [1.54, 1.807) is 0 Å². The summed E-state index contributed by atoms with van der Waals surface area (Å²) in [5.74, 6) is -8.39. The minimum absolute atomic E-state index is 0. The van der Waals surface area contributed by atoms with E-state index in [4.69, 9.17) is 4.55 Å². The Hall–Kier alpha value is -6.46. The number of halogens is 1. The van der Waals surface area contributed by atoms with Gasteiger partial charge < -0.3 is 36.5 Å². The van der Waals surface area contributed by atoms with Gasteiger partial charge in [-0.1, -0.05) is 11.8 Å². The first-order valence-corrected chi connectivity index (χ1v) is 26.0. The number of nitrogens with one attached hydrogen (secondary N) is 2. The predicted molar refractivity (Wildman–Crippen MR) is 225 cm³/mol. The van der Waals surface area contributed by atoms with Crippen LogP contribution in [0.15, 0.2) is 107 Å². The number of benzene rings is 4. The summed E-state index contributed by atoms with van der Waals surface area (Å²) in [4.78, 5) is 16.9. The molecule has 5 rings (SSSR count). The van der Waals surface area contributed by atoms with E-state index in [0.717, 1.165) is 30.3 Å². The van der Waals surface area contributed by atoms with Gasteiger partial charge in [-0.15, -0.1) is 10.2 Å². The van der Waals surface area contributed by atoms with E-state index >= 15 is 0 Å². The number of carbonyl (C=O) groups is 1. The zero-order valence-corrected chi connectivity index (χ0v) is 39.2. The number of rotatable bonds is 18. The number of aromatic nitrogens is 3. The van der Waals surface area contributed by atoms with Crippen LogP contribution in [0.25, 0.3) is 5.43 Å². The standard InChI is InChI=1S/C31H26FN9O22S6.Cu/c32-29-35-30(37-31(36-29)34-22-10-17(13-24(26(22)43)68(57,58)59)64(46,47)8-7-63-69(60,61)62)33-21-11-18(67(54,55)56)12-23(25(21)42)39-41-27(14-1-3-15(4-2-14)65(48,49)50)40-38-20-9-16(66(51,52)53)5-6-19(20)28(44)45;/h1-6,9-13H,7-8H2,(H11,33,34,35,36,37,38,39,40,41,42,43,44,45,48,49,50,51,52,53,54,55,56,57,58,59,60,61,62);/p-1. The van der Waals surface area contributed by atoms with Crippen molar-refractivity contribution in [1.29, 1.82) is 0 Å². The molecule has 0 saturated carbocycles. The Morgan fingerprint density at radius 1 is 0.657 bits per heavy atom. The Morgan fingerprint density at radius 2 is 1.19 bits per heavy atom. The van der Waals surface area contributed by atoms with Gasteiger partial charge in [0.25, 0.3) is 40.5 Å². The molecule has 0 saturated heterocycles. The molecule has 0 amide bonds. The van der Waals surface area contributed by atoms with Crippen molar-refractivity contribution >= 4 is 107 Å². The van der Waals surface area contributed by atoms with Crippen LogP contribution < -0.4 is 10.6 Å². The summed E-state index contributed by atoms with van der Waals surface area (Å²) in [6, 6.07) is 7.09. The topological polar surface area (TPSA) is 507 Å². The first-order chi connectivity index (χ1) is 31.6. The molecule has 39 heteroatoms. The fraction of sp³-hybridized carbons (Fsp3) is 0.0645. The molecule has 0 fully saturated rings. The first kappa shape index (κ1) is 56.1. The van der Waals surface area contributed by atoms with E-state index in [0.29, 0.717) is 30.3 Å². The fourth-order valence-electron chi connectivity index (χ4n) is 5.09. The molecule has 70 heavy (non-hydrogen) atoms. The Bertz CT molecular complexity index is 3680. The molecule has 0 atom stereocenters. The molecule has 31 nitrogen and oxygen atoms in total. The average Bonchev–Trinajstić information content (AvgIpc) is 3.20. The monoisotopic (exact) mass is 1150 g/mol. The van der Waals surface area contributed by atoms with Gasteiger partial charge in [0.1, 0.15) is 16.3 Å². The molecule has 1 radical (unpaired) electrons. The number of aromatic carboxylic acids is 1. The number of azo groups is 1. The maximum Gasteiger partial charge on any atom is 0.397 e. The molecule has 0 aliphatic rings. The normalized spacial score (nSPS) is 12.9. The fourth-order valence-corrected chi connectivity index (χ4v) is 8.83. The van der Waals surface area contributed by atoms with Crippen LogP contribution >= 0.6 is 0 Å². The largest absolute Gasteiger partial charge is 0.571 e. The van der Waals surface area contributed by atoms with E-state index in [-0.39, 0.29) is 28.7 Å². The van der Waals surface area contributed by atoms with Gasteiger partial charge in [-0.2, -0.15) is 61.4 Å². The number of phenolic OH excluding ortho intramolecular Hbond substituents is 2. The molecular weight excluding hydrogens is 1130 g/mol. The minimum atomic E-state index is -5.49. The molecule has 0 spiro atoms. The molecule has 0 unspecified atom stereocenters. The van der Waals surface area contributed by atoms with Crippen LogP contribution in [0.3, 0.4) is 0 Å². The molecule has 1 aromatic heterocycles. The zero-order valence-electron chi connectivity index (χ0n) is 33.3. The van der Waals surface area contributed by atoms with Gasteiger partial charge in [0.05, 0.1) is 48.9 Å². The number of hydrogen-bond donors (Lipinski definition) is 10. The summed E-state index contributed by atoms with van der Waals surface area (Å²) in [7, 11) is -30.5. The summed E-state index contributed by atoms with van der Waals surface area (Å²) >= 11 is 0. The quantitative estimate of drug-likeness (QED) is 0.0114. The summed E-state index contributed by atoms with van der Waals surface area (Å²) in [5, 5.41) is 46.6. The molecule has 5 aromatic rings. The second kappa shape index (κ2) is 20.9. The Morgan fingerprint density at radius 3 is 1.70 bits per heavy atom. The molecule has 0 aliphatic carbocycles. The van der Waals surface area contributed by atoms with Gasteiger partial charge >= 0.3 is 22.4 Å². The number of aromatic hydroxyl groups is 2. The second-order valence-electron chi connectivity index (χ2n) is 12.9. The van der Waals surface area contributed by atoms with E-state index in [9.17, 15) is 93.2 Å². The Labute approximate surface area is 402 Å². The van der Waals surface area contributed by atoms with Gasteiger partial charge in [0.2, 0.25) is 11.9 Å². The zero-order chi connectivity index (χ0) is 51.7. The predicted octanol–water partition coefficient (Wildman–Crippen LogP) is 2.34. The number of carboxylic acid groups (broad SMARTS) is 1. The number of nitrogens with zero attached hydrogens (tertiary/aromatic N) is 7. The summed E-state index contributed by atoms with van der Waals surface area (Å²) in [6.07, 6.45) is -1.75. The van der Waals surface area contributed by atoms with Gasteiger partial charge in [0, 0.05) is 22.6 Å². The van der Waals surface area contributed by atoms with Crippen LogP contribution in [0.1, 0.15) is 15.9 Å². The number of phenols is 2. The number of hydrogen-bond acceptors (Lipinski definition) is 23. The molecule has 4 aromatic carbocycles. The third kappa shape index (κ3) is 14.5. The van der Waals surface area contributed by atoms with Crippen molar-refractivity contribution in [3.63, 3.8) is 0 Å². The van der Waals surface area contributed by atoms with Crippen molar-refractivity contribution in [2.24, 2.45) is 15.3 Å². The van der Waals surface area contributed by atoms with Crippen LogP contribution in [-0.2, 0) is 82.0 Å². The summed E-state index contributed by atoms with van der Waals surface area (Å²) < 4.78 is 209. The minimum Gasteiger partial charge on any atom is -0.571 e. The van der Waals surface area contributed by atoms with Crippen molar-refractivity contribution in [3.8, 4) is 11.5 Å². The smallest absolute Gasteiger partial charge is 0.397 e. The van der Waals surface area contributed by atoms with Crippen LogP contribution in [0.2, 0.25) is 0 Å². The van der Waals surface area contributed by atoms with Crippen molar-refractivity contribution < 1.29 is 119 Å². The van der Waals surface area contributed by atoms with Gasteiger partial charge in [-0.3, -0.25) is 22.8 Å². The summed E-state index contributed by atoms with van der Waals surface area (Å²) in [5.41, 5.74) is -0.884. The molecule has 381 valence electrons. The number of amidine groups is 1. The van der Waals surface area contributed by atoms with Crippen molar-refractivity contribution in [2.75, 3.05) is 23.0 Å². The molecule has 10 N–H and O–H groups in total. The number of anilines is 4. The van der Waals surface area contributed by atoms with Crippen LogP contribution in [0.5, 0.6) is 11.5 Å². The first-order valence-electron chi connectivity index (χ1n) is 17.2. The third-order valence-corrected chi connectivity index (χ3v) is 13.7. The van der Waals surface area contributed by atoms with Crippen LogP contribution in [0, 0.1) is 6.08 Å². The third-order valence-electron chi connectivity index (χ3n) is 8.14. The molecule has 1 heterocycles. The van der Waals surface area contributed by atoms with Crippen molar-refractivity contribution in [1.82, 2.24) is 15.0 Å². The number of carboxylic acids is 1. The van der Waals surface area contributed by atoms with Crippen molar-refractivity contribution in [3.05, 3.63) is 89.4 Å². The molecule has 0 bridgehead atoms. The van der Waals surface area contributed by atoms with Gasteiger partial charge in [0.15, 0.2) is 21.4 Å². The van der Waals surface area contributed by atoms with E-state index in [1.807, 2.05) is 5.32 Å². The average molecular weight is 1150 g/mol. The second-order valence-corrected chi connectivity index (χ2v) is 21.7. The summed E-state index contributed by atoms with van der Waals surface area (Å²) in [6.45, 7) is -1.22. The number of sulfone groups is 1. The van der Waals surface area contributed by atoms with E-state index in [2.05, 4.69) is 45.2 Å².